The standard InChI is InChI=1S/12Na.3O4Si/c;;;;;;;;;;;;3*1-5(2,3)4/q12*+1;3*-4. The quantitative estimate of drug-likeness (QED) is 0.253. The minimum atomic E-state index is -5.61. The molecule has 0 saturated carbocycles. The van der Waals surface area contributed by atoms with E-state index in [1.165, 1.54) is 0 Å². The van der Waals surface area contributed by atoms with Crippen molar-refractivity contribution in [2.24, 2.45) is 0 Å². The van der Waals surface area contributed by atoms with Crippen molar-refractivity contribution in [1.82, 2.24) is 0 Å². The summed E-state index contributed by atoms with van der Waals surface area (Å²) < 4.78 is 0. The van der Waals surface area contributed by atoms with E-state index in [9.17, 15) is 0 Å². The molecule has 0 unspecified atom stereocenters. The third kappa shape index (κ3) is 337. The molecule has 0 aliphatic heterocycles. The molecule has 0 N–H and O–H groups in total. The van der Waals surface area contributed by atoms with Gasteiger partial charge in [-0.2, -0.15) is 0 Å². The minimum absolute atomic E-state index is 0. The molecule has 0 rings (SSSR count). The molecule has 0 spiro atoms. The Balaban J connectivity index is -0.00000000503. The van der Waals surface area contributed by atoms with Crippen molar-refractivity contribution in [2.45, 2.75) is 0 Å². The zero-order valence-corrected chi connectivity index (χ0v) is 45.4. The molecule has 96 valence electrons. The fraction of sp³-hybridized carbons (Fsp3) is 0. The first-order valence-corrected chi connectivity index (χ1v) is 7.35. The van der Waals surface area contributed by atoms with Crippen LogP contribution in [0.15, 0.2) is 0 Å². The van der Waals surface area contributed by atoms with Crippen LogP contribution in [0.25, 0.3) is 0 Å². The van der Waals surface area contributed by atoms with Crippen LogP contribution < -0.4 is 412 Å². The monoisotopic (exact) mass is 552 g/mol. The van der Waals surface area contributed by atoms with Gasteiger partial charge in [0.05, 0.1) is 0 Å². The molecule has 0 aliphatic rings. The molecule has 0 amide bonds. The average molecular weight is 552 g/mol. The van der Waals surface area contributed by atoms with Crippen molar-refractivity contribution < 1.29 is 412 Å². The third-order valence-electron chi connectivity index (χ3n) is 0. The van der Waals surface area contributed by atoms with E-state index in [0.29, 0.717) is 0 Å². The summed E-state index contributed by atoms with van der Waals surface area (Å²) in [7, 11) is -16.8. The Morgan fingerprint density at radius 3 is 0.185 bits per heavy atom. The largest absolute Gasteiger partial charge is 1.00 e. The van der Waals surface area contributed by atoms with Gasteiger partial charge < -0.3 is 84.7 Å². The Morgan fingerprint density at radius 2 is 0.185 bits per heavy atom. The van der Waals surface area contributed by atoms with E-state index in [0.717, 1.165) is 0 Å². The van der Waals surface area contributed by atoms with E-state index in [2.05, 4.69) is 0 Å². The van der Waals surface area contributed by atoms with Crippen LogP contribution in [0.5, 0.6) is 0 Å². The van der Waals surface area contributed by atoms with Crippen LogP contribution in [0.2, 0.25) is 0 Å². The van der Waals surface area contributed by atoms with E-state index in [4.69, 9.17) is 57.5 Å². The summed E-state index contributed by atoms with van der Waals surface area (Å²) in [6.07, 6.45) is 0. The maximum absolute atomic E-state index is 8.58. The van der Waals surface area contributed by atoms with Gasteiger partial charge in [-0.05, 0) is 0 Å². The molecule has 0 atom stereocenters. The van der Waals surface area contributed by atoms with E-state index < -0.39 is 27.1 Å². The van der Waals surface area contributed by atoms with Crippen LogP contribution in [-0.4, -0.2) is 27.1 Å². The fourth-order valence-corrected chi connectivity index (χ4v) is 0. The minimum Gasteiger partial charge on any atom is -0.894 e. The molecule has 27 heavy (non-hydrogen) atoms. The van der Waals surface area contributed by atoms with Gasteiger partial charge >= 0.3 is 355 Å². The third-order valence-corrected chi connectivity index (χ3v) is 0. The molecule has 0 radical (unpaired) electrons. The number of rotatable bonds is 0. The maximum atomic E-state index is 8.58. The molecule has 0 bridgehead atoms. The molecule has 0 fully saturated rings. The summed E-state index contributed by atoms with van der Waals surface area (Å²) in [5, 5.41) is 0. The second-order valence-corrected chi connectivity index (χ2v) is 4.50. The van der Waals surface area contributed by atoms with Gasteiger partial charge in [0.25, 0.3) is 0 Å². The summed E-state index contributed by atoms with van der Waals surface area (Å²) in [6.45, 7) is 0. The van der Waals surface area contributed by atoms with Crippen LogP contribution in [0.1, 0.15) is 0 Å². The van der Waals surface area contributed by atoms with E-state index >= 15 is 0 Å². The molecule has 0 saturated heterocycles. The van der Waals surface area contributed by atoms with Crippen molar-refractivity contribution >= 4 is 27.1 Å². The van der Waals surface area contributed by atoms with E-state index in [1.807, 2.05) is 0 Å². The van der Waals surface area contributed by atoms with Crippen molar-refractivity contribution in [3.63, 3.8) is 0 Å². The Labute approximate surface area is 427 Å². The molecule has 0 aliphatic carbocycles. The van der Waals surface area contributed by atoms with Crippen LogP contribution in [0.4, 0.5) is 0 Å². The van der Waals surface area contributed by atoms with Crippen LogP contribution >= 0.6 is 0 Å². The fourth-order valence-electron chi connectivity index (χ4n) is 0. The van der Waals surface area contributed by atoms with E-state index in [-0.39, 0.29) is 355 Å². The first-order valence-electron chi connectivity index (χ1n) is 2.45. The van der Waals surface area contributed by atoms with Crippen LogP contribution in [0.3, 0.4) is 0 Å². The van der Waals surface area contributed by atoms with Gasteiger partial charge in [-0.25, -0.2) is 0 Å². The van der Waals surface area contributed by atoms with Gasteiger partial charge in [-0.3, -0.25) is 0 Å². The molecular formula is Na12O12Si3. The molecule has 0 aromatic rings. The first kappa shape index (κ1) is 97.7. The number of hydrogen-bond donors (Lipinski definition) is 0. The van der Waals surface area contributed by atoms with Crippen molar-refractivity contribution in [2.75, 3.05) is 0 Å². The maximum Gasteiger partial charge on any atom is 1.00 e. The molecule has 12 nitrogen and oxygen atoms in total. The predicted octanol–water partition coefficient (Wildman–Crippen LogP) is -51.4. The summed E-state index contributed by atoms with van der Waals surface area (Å²) in [5.41, 5.74) is 0. The Hall–Kier alpha value is 12.2. The number of hydrogen-bond acceptors (Lipinski definition) is 12. The SMILES string of the molecule is [Na+].[Na+].[Na+].[Na+].[Na+].[Na+].[Na+].[Na+].[Na+].[Na+].[Na+].[Na+].[O-][Si]([O-])([O-])[O-].[O-][Si]([O-])([O-])[O-].[O-][Si]([O-])([O-])[O-]. The first-order chi connectivity index (χ1) is 6.00. The molecule has 0 aromatic carbocycles. The molecule has 27 heteroatoms. The second-order valence-electron chi connectivity index (χ2n) is 1.50. The smallest absolute Gasteiger partial charge is 0.894 e. The van der Waals surface area contributed by atoms with Gasteiger partial charge in [-0.1, -0.05) is 0 Å². The zero-order valence-electron chi connectivity index (χ0n) is 18.4. The van der Waals surface area contributed by atoms with Crippen LogP contribution in [-0.2, 0) is 0 Å². The predicted molar refractivity (Wildman–Crippen MR) is 17.3 cm³/mol. The van der Waals surface area contributed by atoms with E-state index in [1.54, 1.807) is 0 Å². The van der Waals surface area contributed by atoms with Crippen molar-refractivity contribution in [1.29, 1.82) is 0 Å². The normalized spacial score (nSPS) is 6.67. The summed E-state index contributed by atoms with van der Waals surface area (Å²) >= 11 is 0. The Morgan fingerprint density at radius 1 is 0.185 bits per heavy atom. The summed E-state index contributed by atoms with van der Waals surface area (Å²) in [6, 6.07) is 0. The average Bonchev–Trinajstić information content (AvgIpc) is 1.41. The van der Waals surface area contributed by atoms with Gasteiger partial charge in [0, 0.05) is 0 Å². The Bertz CT molecular complexity index is 113. The second kappa shape index (κ2) is 57.9. The van der Waals surface area contributed by atoms with Gasteiger partial charge in [0.2, 0.25) is 0 Å². The van der Waals surface area contributed by atoms with Gasteiger partial charge in [0.15, 0.2) is 0 Å². The summed E-state index contributed by atoms with van der Waals surface area (Å²) in [5.74, 6) is 0. The Kier molecular flexibility index (Phi) is 210. The van der Waals surface area contributed by atoms with Crippen molar-refractivity contribution in [3.8, 4) is 0 Å². The van der Waals surface area contributed by atoms with Gasteiger partial charge in [0.1, 0.15) is 0 Å². The zero-order chi connectivity index (χ0) is 13.5. The van der Waals surface area contributed by atoms with Crippen LogP contribution in [0, 0.1) is 0 Å². The van der Waals surface area contributed by atoms with Crippen molar-refractivity contribution in [3.05, 3.63) is 0 Å². The topological polar surface area (TPSA) is 277 Å². The molecule has 0 heterocycles. The molecular weight excluding hydrogens is 552 g/mol. The molecule has 0 aromatic heterocycles. The van der Waals surface area contributed by atoms with Gasteiger partial charge in [-0.15, -0.1) is 0 Å². The summed E-state index contributed by atoms with van der Waals surface area (Å²) in [4.78, 5) is 103.